The first-order valence-corrected chi connectivity index (χ1v) is 13.3. The second-order valence-corrected chi connectivity index (χ2v) is 10.9. The van der Waals surface area contributed by atoms with Crippen molar-refractivity contribution in [2.75, 3.05) is 24.3 Å². The predicted octanol–water partition coefficient (Wildman–Crippen LogP) is -0.360. The smallest absolute Gasteiger partial charge is 0.332 e. The monoisotopic (exact) mass is 554 g/mol. The number of carboxylic acids is 1. The molecule has 4 rings (SSSR count). The zero-order valence-electron chi connectivity index (χ0n) is 18.9. The second kappa shape index (κ2) is 10.5. The van der Waals surface area contributed by atoms with Gasteiger partial charge in [-0.15, -0.1) is 11.3 Å². The molecule has 1 aliphatic carbocycles. The van der Waals surface area contributed by atoms with E-state index in [1.807, 2.05) is 0 Å². The Morgan fingerprint density at radius 3 is 2.81 bits per heavy atom. The first kappa shape index (κ1) is 26.0. The highest BCUT2D eigenvalue weighted by molar-refractivity contribution is 8.01. The molecule has 4 atom stereocenters. The van der Waals surface area contributed by atoms with Gasteiger partial charge in [-0.1, -0.05) is 16.9 Å². The predicted molar refractivity (Wildman–Crippen MR) is 134 cm³/mol. The topological polar surface area (TPSA) is 202 Å². The van der Waals surface area contributed by atoms with Gasteiger partial charge in [0.05, 0.1) is 18.3 Å². The van der Waals surface area contributed by atoms with Gasteiger partial charge in [-0.3, -0.25) is 9.59 Å². The molecule has 192 valence electrons. The van der Waals surface area contributed by atoms with Gasteiger partial charge in [-0.25, -0.2) is 9.78 Å². The number of aryl methyl sites for hydroxylation is 1. The molecule has 0 aromatic carbocycles. The second-order valence-electron chi connectivity index (χ2n) is 7.92. The molecule has 0 saturated heterocycles. The summed E-state index contributed by atoms with van der Waals surface area (Å²) in [7, 11) is 2.89. The first-order chi connectivity index (χ1) is 17.1. The number of aliphatic carboxylic acids is 1. The van der Waals surface area contributed by atoms with Crippen LogP contribution in [0.4, 0.5) is 5.13 Å². The van der Waals surface area contributed by atoms with Crippen molar-refractivity contribution in [3.8, 4) is 5.75 Å². The minimum absolute atomic E-state index is 0.0890. The molecule has 0 bridgehead atoms. The fraction of sp³-hybridized carbons (Fsp3) is 0.400. The molecule has 2 aromatic rings. The number of oxime groups is 1. The van der Waals surface area contributed by atoms with Gasteiger partial charge >= 0.3 is 11.5 Å². The van der Waals surface area contributed by atoms with E-state index in [2.05, 4.69) is 20.4 Å². The van der Waals surface area contributed by atoms with Gasteiger partial charge in [0.1, 0.15) is 12.8 Å². The highest BCUT2D eigenvalue weighted by Crippen LogP contribution is 2.48. The number of nitrogen functional groups attached to an aromatic ring is 1. The molecular formula is C20H22N6O7S3. The van der Waals surface area contributed by atoms with Crippen molar-refractivity contribution in [1.29, 1.82) is 0 Å². The molecule has 1 saturated carbocycles. The van der Waals surface area contributed by atoms with Crippen LogP contribution in [0.1, 0.15) is 5.69 Å². The van der Waals surface area contributed by atoms with E-state index in [1.54, 1.807) is 12.4 Å². The van der Waals surface area contributed by atoms with Crippen LogP contribution < -0.4 is 16.6 Å². The average molecular weight is 555 g/mol. The zero-order valence-corrected chi connectivity index (χ0v) is 21.4. The fourth-order valence-corrected chi connectivity index (χ4v) is 7.27. The SMILES string of the molecule is CO/N=C(\C(=O)N[C@@H]1C(O)C2C(C(=O)O)=C(CSc3nc(=O)c(O)cn3C)CS[C@@H]21)c1csc(N)n1. The van der Waals surface area contributed by atoms with E-state index in [0.717, 1.165) is 23.1 Å². The third-order valence-corrected chi connectivity index (χ3v) is 9.00. The summed E-state index contributed by atoms with van der Waals surface area (Å²) in [6, 6.07) is -0.714. The van der Waals surface area contributed by atoms with E-state index >= 15 is 0 Å². The van der Waals surface area contributed by atoms with Crippen molar-refractivity contribution in [2.45, 2.75) is 22.6 Å². The molecule has 1 amide bonds. The Kier molecular flexibility index (Phi) is 7.58. The van der Waals surface area contributed by atoms with Crippen molar-refractivity contribution < 1.29 is 29.7 Å². The summed E-state index contributed by atoms with van der Waals surface area (Å²) in [5.74, 6) is -2.39. The number of nitrogens with two attached hydrogens (primary N) is 1. The number of carboxylic acid groups (broad SMARTS) is 1. The number of aromatic nitrogens is 3. The summed E-state index contributed by atoms with van der Waals surface area (Å²) in [5, 5.41) is 38.5. The first-order valence-electron chi connectivity index (χ1n) is 10.4. The molecular weight excluding hydrogens is 532 g/mol. The number of thioether (sulfide) groups is 2. The van der Waals surface area contributed by atoms with Crippen LogP contribution in [0.25, 0.3) is 0 Å². The zero-order chi connectivity index (χ0) is 26.1. The van der Waals surface area contributed by atoms with Crippen LogP contribution in [0.3, 0.4) is 0 Å². The van der Waals surface area contributed by atoms with E-state index in [9.17, 15) is 29.7 Å². The maximum absolute atomic E-state index is 12.9. The third kappa shape index (κ3) is 4.93. The number of fused-ring (bicyclic) bond motifs is 1. The normalized spacial score (nSPS) is 23.6. The van der Waals surface area contributed by atoms with Crippen molar-refractivity contribution in [3.05, 3.63) is 38.8 Å². The van der Waals surface area contributed by atoms with Crippen molar-refractivity contribution >= 4 is 57.6 Å². The number of aromatic hydroxyl groups is 1. The summed E-state index contributed by atoms with van der Waals surface area (Å²) < 4.78 is 1.47. The molecule has 36 heavy (non-hydrogen) atoms. The van der Waals surface area contributed by atoms with Crippen molar-refractivity contribution in [2.24, 2.45) is 18.1 Å². The molecule has 0 spiro atoms. The van der Waals surface area contributed by atoms with E-state index in [1.165, 1.54) is 29.6 Å². The molecule has 16 heteroatoms. The highest BCUT2D eigenvalue weighted by Gasteiger charge is 2.56. The Bertz CT molecular complexity index is 1320. The van der Waals surface area contributed by atoms with Gasteiger partial charge < -0.3 is 35.8 Å². The molecule has 6 N–H and O–H groups in total. The maximum Gasteiger partial charge on any atom is 0.332 e. The minimum atomic E-state index is -1.16. The molecule has 2 aliphatic rings. The van der Waals surface area contributed by atoms with Crippen LogP contribution in [0.5, 0.6) is 5.75 Å². The molecule has 2 unspecified atom stereocenters. The van der Waals surface area contributed by atoms with Gasteiger partial charge in [0, 0.05) is 40.7 Å². The van der Waals surface area contributed by atoms with Gasteiger partial charge in [-0.2, -0.15) is 16.7 Å². The number of anilines is 1. The number of carbonyl (C=O) groups excluding carboxylic acids is 1. The number of aliphatic hydroxyl groups excluding tert-OH is 1. The third-order valence-electron chi connectivity index (χ3n) is 5.71. The van der Waals surface area contributed by atoms with E-state index in [4.69, 9.17) is 10.6 Å². The molecule has 3 heterocycles. The highest BCUT2D eigenvalue weighted by atomic mass is 32.2. The van der Waals surface area contributed by atoms with E-state index < -0.39 is 41.2 Å². The van der Waals surface area contributed by atoms with Gasteiger partial charge in [0.15, 0.2) is 21.7 Å². The average Bonchev–Trinajstić information content (AvgIpc) is 3.27. The molecule has 13 nitrogen and oxygen atoms in total. The number of nitrogens with one attached hydrogen (secondary N) is 1. The van der Waals surface area contributed by atoms with Crippen molar-refractivity contribution in [1.82, 2.24) is 19.9 Å². The number of thiazole rings is 1. The Hall–Kier alpha value is -3.08. The Morgan fingerprint density at radius 2 is 2.17 bits per heavy atom. The van der Waals surface area contributed by atoms with Crippen LogP contribution in [0.2, 0.25) is 0 Å². The number of nitrogens with zero attached hydrogens (tertiary/aromatic N) is 4. The lowest BCUT2D eigenvalue weighted by molar-refractivity contribution is -0.135. The van der Waals surface area contributed by atoms with Crippen LogP contribution in [-0.4, -0.2) is 83.5 Å². The maximum atomic E-state index is 12.9. The summed E-state index contributed by atoms with van der Waals surface area (Å²) >= 11 is 3.71. The number of hydrogen-bond acceptors (Lipinski definition) is 13. The number of aliphatic hydroxyl groups is 1. The number of hydrogen-bond donors (Lipinski definition) is 5. The van der Waals surface area contributed by atoms with Crippen LogP contribution in [0.15, 0.2) is 37.8 Å². The lowest BCUT2D eigenvalue weighted by atomic mass is 9.70. The number of rotatable bonds is 8. The van der Waals surface area contributed by atoms with Crippen LogP contribution >= 0.6 is 34.9 Å². The minimum Gasteiger partial charge on any atom is -0.502 e. The van der Waals surface area contributed by atoms with Crippen molar-refractivity contribution in [3.63, 3.8) is 0 Å². The largest absolute Gasteiger partial charge is 0.502 e. The van der Waals surface area contributed by atoms with E-state index in [-0.39, 0.29) is 33.1 Å². The summed E-state index contributed by atoms with van der Waals surface area (Å²) in [6.45, 7) is 0. The Morgan fingerprint density at radius 1 is 1.42 bits per heavy atom. The summed E-state index contributed by atoms with van der Waals surface area (Å²) in [5.41, 5.74) is 5.66. The standard InChI is InChI=1S/C20H22N6O7S3/c1-26-3-9(27)16(29)24-20(26)36-5-7-4-34-15-11(10(7)18(31)32)14(28)13(15)23-17(30)12(25-33-2)8-6-35-19(21)22-8/h3,6,11,13-15,27-28H,4-5H2,1-2H3,(H2,21,22)(H,23,30)(H,31,32)/b25-12-/t11?,13-,14?,15+/m1/s1. The Balaban J connectivity index is 1.50. The summed E-state index contributed by atoms with van der Waals surface area (Å²) in [6.07, 6.45) is 0.0955. The quantitative estimate of drug-likeness (QED) is 0.123. The Labute approximate surface area is 216 Å². The molecule has 0 radical (unpaired) electrons. The lowest BCUT2D eigenvalue weighted by Crippen LogP contribution is -2.68. The van der Waals surface area contributed by atoms with Gasteiger partial charge in [0.2, 0.25) is 0 Å². The molecule has 1 aliphatic heterocycles. The number of amides is 1. The number of carbonyl (C=O) groups is 2. The fourth-order valence-electron chi connectivity index (χ4n) is 4.04. The lowest BCUT2D eigenvalue weighted by Gasteiger charge is -2.51. The van der Waals surface area contributed by atoms with Gasteiger partial charge in [-0.05, 0) is 5.57 Å². The summed E-state index contributed by atoms with van der Waals surface area (Å²) in [4.78, 5) is 49.3. The molecule has 1 fully saturated rings. The molecule has 2 aromatic heterocycles. The van der Waals surface area contributed by atoms with Gasteiger partial charge in [0.25, 0.3) is 5.91 Å². The van der Waals surface area contributed by atoms with Crippen LogP contribution in [0, 0.1) is 5.92 Å². The van der Waals surface area contributed by atoms with E-state index in [0.29, 0.717) is 16.5 Å². The van der Waals surface area contributed by atoms with Crippen LogP contribution in [-0.2, 0) is 21.5 Å².